The Kier molecular flexibility index (Phi) is 12.9. The van der Waals surface area contributed by atoms with Crippen LogP contribution in [0.3, 0.4) is 0 Å². The van der Waals surface area contributed by atoms with E-state index in [0.29, 0.717) is 12.5 Å². The number of aliphatic imine (C=N–C) groups is 1. The van der Waals surface area contributed by atoms with Gasteiger partial charge < -0.3 is 15.4 Å². The Bertz CT molecular complexity index is 514. The first-order valence-corrected chi connectivity index (χ1v) is 9.09. The lowest BCUT2D eigenvalue weighted by molar-refractivity contribution is 0.128. The van der Waals surface area contributed by atoms with Crippen LogP contribution < -0.4 is 10.6 Å². The van der Waals surface area contributed by atoms with Crippen LogP contribution in [-0.2, 0) is 31.2 Å². The Morgan fingerprint density at radius 1 is 1.20 bits per heavy atom. The normalized spacial score (nSPS) is 11.6. The van der Waals surface area contributed by atoms with Crippen molar-refractivity contribution in [3.8, 4) is 0 Å². The molecule has 146 valence electrons. The molecule has 1 heterocycles. The smallest absolute Gasteiger partial charge is 0.191 e. The van der Waals surface area contributed by atoms with Crippen LogP contribution in [0.4, 0.5) is 0 Å². The van der Waals surface area contributed by atoms with Crippen molar-refractivity contribution in [2.45, 2.75) is 53.5 Å². The molecular weight excluding hydrogens is 429 g/mol. The third-order valence-electron chi connectivity index (χ3n) is 4.06. The molecule has 25 heavy (non-hydrogen) atoms. The molecule has 1 aromatic heterocycles. The van der Waals surface area contributed by atoms with Crippen LogP contribution in [0, 0.1) is 5.92 Å². The first-order valence-electron chi connectivity index (χ1n) is 9.09. The molecule has 6 nitrogen and oxygen atoms in total. The number of ether oxygens (including phenoxy) is 1. The van der Waals surface area contributed by atoms with Gasteiger partial charge in [0.1, 0.15) is 0 Å². The van der Waals surface area contributed by atoms with Crippen molar-refractivity contribution in [1.29, 1.82) is 0 Å². The molecule has 0 amide bonds. The van der Waals surface area contributed by atoms with E-state index in [9.17, 15) is 0 Å². The second-order valence-electron chi connectivity index (χ2n) is 6.35. The quantitative estimate of drug-likeness (QED) is 0.242. The number of aryl methyl sites for hydroxylation is 2. The summed E-state index contributed by atoms with van der Waals surface area (Å²) < 4.78 is 7.61. The molecule has 0 spiro atoms. The standard InChI is InChI=1S/C18H35N5O.HI/c1-7-16-15(17(8-2)23(6)22-16)13-21-18(19-5)20-10-12-24-11-9-14(3)4;/h14H,7-13H2,1-6H3,(H2,19,20,21);1H. The van der Waals surface area contributed by atoms with Gasteiger partial charge in [-0.25, -0.2) is 0 Å². The van der Waals surface area contributed by atoms with E-state index in [4.69, 9.17) is 4.74 Å². The molecule has 1 aromatic rings. The predicted molar refractivity (Wildman–Crippen MR) is 116 cm³/mol. The van der Waals surface area contributed by atoms with Crippen LogP contribution in [0.15, 0.2) is 4.99 Å². The average molecular weight is 465 g/mol. The monoisotopic (exact) mass is 465 g/mol. The summed E-state index contributed by atoms with van der Waals surface area (Å²) in [6.45, 7) is 11.7. The number of hydrogen-bond acceptors (Lipinski definition) is 3. The summed E-state index contributed by atoms with van der Waals surface area (Å²) in [5.41, 5.74) is 3.74. The summed E-state index contributed by atoms with van der Waals surface area (Å²) in [6.07, 6.45) is 3.03. The first-order chi connectivity index (χ1) is 11.5. The van der Waals surface area contributed by atoms with Crippen LogP contribution in [-0.4, -0.2) is 42.5 Å². The van der Waals surface area contributed by atoms with Crippen LogP contribution >= 0.6 is 24.0 Å². The predicted octanol–water partition coefficient (Wildman–Crippen LogP) is 2.89. The van der Waals surface area contributed by atoms with Gasteiger partial charge in [-0.15, -0.1) is 24.0 Å². The minimum atomic E-state index is 0. The van der Waals surface area contributed by atoms with Gasteiger partial charge in [-0.1, -0.05) is 27.7 Å². The summed E-state index contributed by atoms with van der Waals surface area (Å²) in [5, 5.41) is 11.3. The third kappa shape index (κ3) is 8.40. The van der Waals surface area contributed by atoms with E-state index in [1.54, 1.807) is 7.05 Å². The Hall–Kier alpha value is -0.830. The lowest BCUT2D eigenvalue weighted by Crippen LogP contribution is -2.38. The highest BCUT2D eigenvalue weighted by Crippen LogP contribution is 2.15. The summed E-state index contributed by atoms with van der Waals surface area (Å²) in [7, 11) is 3.81. The van der Waals surface area contributed by atoms with Gasteiger partial charge in [-0.05, 0) is 25.2 Å². The van der Waals surface area contributed by atoms with E-state index in [1.807, 2.05) is 11.7 Å². The highest BCUT2D eigenvalue weighted by molar-refractivity contribution is 14.0. The van der Waals surface area contributed by atoms with E-state index in [1.165, 1.54) is 11.3 Å². The SMILES string of the molecule is CCc1nn(C)c(CC)c1CNC(=NC)NCCOCCC(C)C.I. The number of hydrogen-bond donors (Lipinski definition) is 2. The van der Waals surface area contributed by atoms with Gasteiger partial charge in [-0.2, -0.15) is 5.10 Å². The van der Waals surface area contributed by atoms with Crippen LogP contribution in [0.2, 0.25) is 0 Å². The maximum absolute atomic E-state index is 5.62. The zero-order chi connectivity index (χ0) is 17.9. The Morgan fingerprint density at radius 2 is 1.92 bits per heavy atom. The minimum absolute atomic E-state index is 0. The number of halogens is 1. The summed E-state index contributed by atoms with van der Waals surface area (Å²) in [6, 6.07) is 0. The molecule has 0 atom stereocenters. The average Bonchev–Trinajstić information content (AvgIpc) is 2.88. The molecule has 0 unspecified atom stereocenters. The molecule has 7 heteroatoms. The lowest BCUT2D eigenvalue weighted by atomic mass is 10.1. The molecular formula is C18H36IN5O. The van der Waals surface area contributed by atoms with Crippen molar-refractivity contribution in [2.75, 3.05) is 26.8 Å². The second-order valence-corrected chi connectivity index (χ2v) is 6.35. The van der Waals surface area contributed by atoms with Gasteiger partial charge in [0.05, 0.1) is 12.3 Å². The summed E-state index contributed by atoms with van der Waals surface area (Å²) >= 11 is 0. The molecule has 0 bridgehead atoms. The number of rotatable bonds is 10. The fourth-order valence-corrected chi connectivity index (χ4v) is 2.65. The molecule has 0 aromatic carbocycles. The minimum Gasteiger partial charge on any atom is -0.380 e. The topological polar surface area (TPSA) is 63.5 Å². The van der Waals surface area contributed by atoms with E-state index >= 15 is 0 Å². The number of nitrogens with one attached hydrogen (secondary N) is 2. The van der Waals surface area contributed by atoms with Crippen molar-refractivity contribution < 1.29 is 4.74 Å². The second kappa shape index (κ2) is 13.4. The molecule has 0 radical (unpaired) electrons. The molecule has 0 saturated heterocycles. The summed E-state index contributed by atoms with van der Waals surface area (Å²) in [4.78, 5) is 4.28. The molecule has 2 N–H and O–H groups in total. The maximum atomic E-state index is 5.62. The van der Waals surface area contributed by atoms with Crippen molar-refractivity contribution in [3.63, 3.8) is 0 Å². The molecule has 0 fully saturated rings. The van der Waals surface area contributed by atoms with Gasteiger partial charge in [0.15, 0.2) is 5.96 Å². The van der Waals surface area contributed by atoms with Gasteiger partial charge in [0.25, 0.3) is 0 Å². The van der Waals surface area contributed by atoms with E-state index in [-0.39, 0.29) is 24.0 Å². The van der Waals surface area contributed by atoms with Crippen molar-refractivity contribution >= 4 is 29.9 Å². The third-order valence-corrected chi connectivity index (χ3v) is 4.06. The summed E-state index contributed by atoms with van der Waals surface area (Å²) in [5.74, 6) is 1.49. The molecule has 0 aliphatic carbocycles. The van der Waals surface area contributed by atoms with Crippen molar-refractivity contribution in [3.05, 3.63) is 17.0 Å². The fourth-order valence-electron chi connectivity index (χ4n) is 2.65. The van der Waals surface area contributed by atoms with E-state index in [0.717, 1.165) is 50.6 Å². The van der Waals surface area contributed by atoms with Crippen LogP contribution in [0.1, 0.15) is 51.1 Å². The molecule has 0 saturated carbocycles. The van der Waals surface area contributed by atoms with E-state index < -0.39 is 0 Å². The van der Waals surface area contributed by atoms with Crippen LogP contribution in [0.5, 0.6) is 0 Å². The van der Waals surface area contributed by atoms with Gasteiger partial charge in [0, 0.05) is 45.0 Å². The number of guanidine groups is 1. The molecule has 1 rings (SSSR count). The number of nitrogens with zero attached hydrogens (tertiary/aromatic N) is 3. The fraction of sp³-hybridized carbons (Fsp3) is 0.778. The Labute approximate surface area is 170 Å². The first kappa shape index (κ1) is 24.2. The van der Waals surface area contributed by atoms with Gasteiger partial charge >= 0.3 is 0 Å². The number of aromatic nitrogens is 2. The van der Waals surface area contributed by atoms with Crippen molar-refractivity contribution in [1.82, 2.24) is 20.4 Å². The van der Waals surface area contributed by atoms with Crippen LogP contribution in [0.25, 0.3) is 0 Å². The maximum Gasteiger partial charge on any atom is 0.191 e. The highest BCUT2D eigenvalue weighted by Gasteiger charge is 2.13. The largest absolute Gasteiger partial charge is 0.380 e. The Balaban J connectivity index is 0.00000576. The van der Waals surface area contributed by atoms with E-state index in [2.05, 4.69) is 48.4 Å². The van der Waals surface area contributed by atoms with Crippen molar-refractivity contribution in [2.24, 2.45) is 18.0 Å². The van der Waals surface area contributed by atoms with Gasteiger partial charge in [-0.3, -0.25) is 9.67 Å². The highest BCUT2D eigenvalue weighted by atomic mass is 127. The lowest BCUT2D eigenvalue weighted by Gasteiger charge is -2.13. The zero-order valence-corrected chi connectivity index (χ0v) is 19.0. The zero-order valence-electron chi connectivity index (χ0n) is 16.7. The molecule has 0 aliphatic rings. The molecule has 0 aliphatic heterocycles. The van der Waals surface area contributed by atoms with Gasteiger partial charge in [0.2, 0.25) is 0 Å². The Morgan fingerprint density at radius 3 is 2.48 bits per heavy atom.